The van der Waals surface area contributed by atoms with Crippen LogP contribution in [-0.2, 0) is 4.79 Å². The number of benzene rings is 3. The molecule has 1 unspecified atom stereocenters. The molecule has 1 aromatic heterocycles. The lowest BCUT2D eigenvalue weighted by Gasteiger charge is -2.13. The summed E-state index contributed by atoms with van der Waals surface area (Å²) in [5, 5.41) is 11.2. The van der Waals surface area contributed by atoms with Gasteiger partial charge in [0.1, 0.15) is 23.0 Å². The van der Waals surface area contributed by atoms with E-state index in [0.29, 0.717) is 39.5 Å². The third kappa shape index (κ3) is 5.67. The van der Waals surface area contributed by atoms with Crippen LogP contribution in [0.15, 0.2) is 78.0 Å². The summed E-state index contributed by atoms with van der Waals surface area (Å²) in [7, 11) is 3.13. The predicted octanol–water partition coefficient (Wildman–Crippen LogP) is 4.59. The topological polar surface area (TPSA) is 114 Å². The number of amides is 1. The van der Waals surface area contributed by atoms with Crippen LogP contribution in [0.4, 0.5) is 5.69 Å². The third-order valence-electron chi connectivity index (χ3n) is 5.07. The molecule has 0 spiro atoms. The number of aromatic nitrogens is 3. The fraction of sp³-hybridized carbons (Fsp3) is 0.160. The molecule has 0 fully saturated rings. The Morgan fingerprint density at radius 2 is 1.63 bits per heavy atom. The second-order valence-electron chi connectivity index (χ2n) is 7.43. The Morgan fingerprint density at radius 3 is 2.31 bits per heavy atom. The zero-order chi connectivity index (χ0) is 24.8. The predicted molar refractivity (Wildman–Crippen MR) is 136 cm³/mol. The number of hydrogen-bond acceptors (Lipinski definition) is 8. The van der Waals surface area contributed by atoms with E-state index < -0.39 is 5.25 Å². The molecule has 1 atom stereocenters. The largest absolute Gasteiger partial charge is 0.497 e. The second-order valence-corrected chi connectivity index (χ2v) is 8.74. The maximum Gasteiger partial charge on any atom is 0.237 e. The molecule has 0 aliphatic carbocycles. The molecule has 0 aliphatic rings. The Kier molecular flexibility index (Phi) is 7.41. The van der Waals surface area contributed by atoms with Crippen LogP contribution in [0, 0.1) is 0 Å². The molecule has 9 nitrogen and oxygen atoms in total. The maximum atomic E-state index is 12.8. The van der Waals surface area contributed by atoms with Crippen molar-refractivity contribution in [3.8, 4) is 34.4 Å². The molecule has 3 N–H and O–H groups in total. The maximum absolute atomic E-state index is 12.8. The summed E-state index contributed by atoms with van der Waals surface area (Å²) in [4.78, 5) is 12.8. The van der Waals surface area contributed by atoms with E-state index in [-0.39, 0.29) is 5.91 Å². The number of methoxy groups -OCH3 is 2. The number of anilines is 1. The number of hydrogen-bond donors (Lipinski definition) is 2. The van der Waals surface area contributed by atoms with Crippen molar-refractivity contribution in [2.75, 3.05) is 25.4 Å². The van der Waals surface area contributed by atoms with Crippen molar-refractivity contribution in [2.24, 2.45) is 0 Å². The minimum absolute atomic E-state index is 0.196. The minimum Gasteiger partial charge on any atom is -0.497 e. The van der Waals surface area contributed by atoms with Crippen LogP contribution in [0.3, 0.4) is 0 Å². The van der Waals surface area contributed by atoms with E-state index in [0.717, 1.165) is 5.75 Å². The lowest BCUT2D eigenvalue weighted by molar-refractivity contribution is -0.115. The molecule has 3 aromatic carbocycles. The highest BCUT2D eigenvalue weighted by Crippen LogP contribution is 2.33. The van der Waals surface area contributed by atoms with Crippen LogP contribution in [0.5, 0.6) is 23.0 Å². The number of nitrogens with zero attached hydrogens (tertiary/aromatic N) is 3. The molecule has 0 radical (unpaired) electrons. The molecule has 4 aromatic rings. The number of nitrogens with one attached hydrogen (secondary N) is 1. The van der Waals surface area contributed by atoms with Crippen molar-refractivity contribution in [2.45, 2.75) is 17.3 Å². The molecule has 0 saturated heterocycles. The van der Waals surface area contributed by atoms with Gasteiger partial charge < -0.3 is 25.4 Å². The highest BCUT2D eigenvalue weighted by Gasteiger charge is 2.21. The van der Waals surface area contributed by atoms with Crippen LogP contribution in [0.1, 0.15) is 6.92 Å². The Hall–Kier alpha value is -4.18. The Labute approximate surface area is 207 Å². The van der Waals surface area contributed by atoms with E-state index in [1.165, 1.54) is 16.4 Å². The van der Waals surface area contributed by atoms with E-state index in [4.69, 9.17) is 20.1 Å². The molecule has 180 valence electrons. The van der Waals surface area contributed by atoms with Crippen molar-refractivity contribution >= 4 is 23.4 Å². The smallest absolute Gasteiger partial charge is 0.237 e. The monoisotopic (exact) mass is 491 g/mol. The van der Waals surface area contributed by atoms with Crippen molar-refractivity contribution in [1.29, 1.82) is 0 Å². The molecular formula is C25H25N5O4S. The van der Waals surface area contributed by atoms with Gasteiger partial charge in [0.25, 0.3) is 0 Å². The zero-order valence-corrected chi connectivity index (χ0v) is 20.3. The van der Waals surface area contributed by atoms with Crippen molar-refractivity contribution in [1.82, 2.24) is 14.9 Å². The SMILES string of the molecule is COc1ccc(-c2nnc(SC(C)C(=O)Nc3ccc(Oc4ccccc4)cc3)n2N)c(OC)c1. The van der Waals surface area contributed by atoms with Gasteiger partial charge in [-0.3, -0.25) is 4.79 Å². The molecule has 0 saturated carbocycles. The molecule has 10 heteroatoms. The average molecular weight is 492 g/mol. The summed E-state index contributed by atoms with van der Waals surface area (Å²) in [6.45, 7) is 1.77. The van der Waals surface area contributed by atoms with Gasteiger partial charge in [0.05, 0.1) is 25.0 Å². The van der Waals surface area contributed by atoms with Crippen molar-refractivity contribution in [3.63, 3.8) is 0 Å². The van der Waals surface area contributed by atoms with Crippen LogP contribution < -0.4 is 25.4 Å². The van der Waals surface area contributed by atoms with Gasteiger partial charge in [0.2, 0.25) is 11.1 Å². The zero-order valence-electron chi connectivity index (χ0n) is 19.5. The van der Waals surface area contributed by atoms with Crippen LogP contribution >= 0.6 is 11.8 Å². The first-order valence-electron chi connectivity index (χ1n) is 10.7. The van der Waals surface area contributed by atoms with E-state index in [1.807, 2.05) is 30.3 Å². The number of rotatable bonds is 9. The van der Waals surface area contributed by atoms with Crippen molar-refractivity contribution < 1.29 is 19.0 Å². The second kappa shape index (κ2) is 10.8. The van der Waals surface area contributed by atoms with E-state index in [9.17, 15) is 4.79 Å². The number of carbonyl (C=O) groups excluding carboxylic acids is 1. The summed E-state index contributed by atoms with van der Waals surface area (Å²) in [5.74, 6) is 9.07. The number of thioether (sulfide) groups is 1. The van der Waals surface area contributed by atoms with Gasteiger partial charge in [-0.15, -0.1) is 10.2 Å². The first-order chi connectivity index (χ1) is 17.0. The molecular weight excluding hydrogens is 466 g/mol. The van der Waals surface area contributed by atoms with Gasteiger partial charge in [-0.1, -0.05) is 30.0 Å². The average Bonchev–Trinajstić information content (AvgIpc) is 3.24. The highest BCUT2D eigenvalue weighted by atomic mass is 32.2. The lowest BCUT2D eigenvalue weighted by Crippen LogP contribution is -2.23. The van der Waals surface area contributed by atoms with Gasteiger partial charge in [0, 0.05) is 11.8 Å². The Bertz CT molecular complexity index is 1300. The number of ether oxygens (including phenoxy) is 3. The first kappa shape index (κ1) is 24.0. The highest BCUT2D eigenvalue weighted by molar-refractivity contribution is 8.00. The summed E-state index contributed by atoms with van der Waals surface area (Å²) in [6, 6.07) is 22.0. The standard InChI is InChI=1S/C25H25N5O4S/c1-16(24(31)27-17-9-11-19(12-10-17)34-18-7-5-4-6-8-18)35-25-29-28-23(30(25)26)21-14-13-20(32-2)15-22(21)33-3/h4-16H,26H2,1-3H3,(H,27,31). The van der Waals surface area contributed by atoms with Crippen LogP contribution in [0.25, 0.3) is 11.4 Å². The Balaban J connectivity index is 1.40. The fourth-order valence-electron chi connectivity index (χ4n) is 3.21. The summed E-state index contributed by atoms with van der Waals surface area (Å²) in [5.41, 5.74) is 1.31. The van der Waals surface area contributed by atoms with Crippen molar-refractivity contribution in [3.05, 3.63) is 72.8 Å². The summed E-state index contributed by atoms with van der Waals surface area (Å²) >= 11 is 1.20. The van der Waals surface area contributed by atoms with E-state index in [2.05, 4.69) is 15.5 Å². The molecule has 1 heterocycles. The van der Waals surface area contributed by atoms with Gasteiger partial charge in [-0.2, -0.15) is 0 Å². The quantitative estimate of drug-likeness (QED) is 0.258. The van der Waals surface area contributed by atoms with Crippen LogP contribution in [0.2, 0.25) is 0 Å². The normalized spacial score (nSPS) is 11.5. The summed E-state index contributed by atoms with van der Waals surface area (Å²) < 4.78 is 17.8. The molecule has 4 rings (SSSR count). The fourth-order valence-corrected chi connectivity index (χ4v) is 3.98. The van der Waals surface area contributed by atoms with Gasteiger partial charge in [0.15, 0.2) is 5.82 Å². The number of para-hydroxylation sites is 1. The van der Waals surface area contributed by atoms with E-state index in [1.54, 1.807) is 63.6 Å². The minimum atomic E-state index is -0.479. The molecule has 35 heavy (non-hydrogen) atoms. The summed E-state index contributed by atoms with van der Waals surface area (Å²) in [6.07, 6.45) is 0. The van der Waals surface area contributed by atoms with Gasteiger partial charge in [-0.05, 0) is 55.5 Å². The van der Waals surface area contributed by atoms with Crippen LogP contribution in [-0.4, -0.2) is 40.3 Å². The lowest BCUT2D eigenvalue weighted by atomic mass is 10.2. The molecule has 1 amide bonds. The first-order valence-corrected chi connectivity index (χ1v) is 11.6. The number of carbonyl (C=O) groups is 1. The molecule has 0 bridgehead atoms. The van der Waals surface area contributed by atoms with E-state index >= 15 is 0 Å². The number of nitrogen functional groups attached to an aromatic ring is 1. The third-order valence-corrected chi connectivity index (χ3v) is 6.12. The molecule has 0 aliphatic heterocycles. The number of nitrogens with two attached hydrogens (primary N) is 1. The van der Waals surface area contributed by atoms with Gasteiger partial charge in [-0.25, -0.2) is 4.68 Å². The Morgan fingerprint density at radius 1 is 0.943 bits per heavy atom. The van der Waals surface area contributed by atoms with Gasteiger partial charge >= 0.3 is 0 Å².